The lowest BCUT2D eigenvalue weighted by Crippen LogP contribution is -2.31. The number of hydrogen-bond acceptors (Lipinski definition) is 2. The molecular weight excluding hydrogens is 303 g/mol. The van der Waals surface area contributed by atoms with Gasteiger partial charge in [0.2, 0.25) is 0 Å². The number of carbonyl (C=O) groups is 1. The summed E-state index contributed by atoms with van der Waals surface area (Å²) in [7, 11) is 0. The zero-order valence-corrected chi connectivity index (χ0v) is 12.7. The van der Waals surface area contributed by atoms with Gasteiger partial charge in [-0.1, -0.05) is 23.7 Å². The number of likely N-dealkylation sites (tertiary alicyclic amines) is 1. The molecule has 1 fully saturated rings. The number of halogens is 2. The van der Waals surface area contributed by atoms with Crippen LogP contribution in [0.5, 0.6) is 0 Å². The molecule has 0 aromatic heterocycles. The molecule has 1 heterocycles. The number of amides is 1. The predicted molar refractivity (Wildman–Crippen MR) is 85.3 cm³/mol. The lowest BCUT2D eigenvalue weighted by Gasteiger charge is -2.16. The molecule has 1 aliphatic rings. The highest BCUT2D eigenvalue weighted by atomic mass is 35.5. The molecular formula is C17H16ClFN2O. The Balaban J connectivity index is 1.82. The second kappa shape index (κ2) is 6.07. The number of nitrogens with two attached hydrogens (primary N) is 1. The van der Waals surface area contributed by atoms with Crippen LogP contribution < -0.4 is 5.73 Å². The fourth-order valence-electron chi connectivity index (χ4n) is 2.67. The van der Waals surface area contributed by atoms with Crippen molar-refractivity contribution >= 4 is 17.5 Å². The van der Waals surface area contributed by atoms with Crippen molar-refractivity contribution in [2.24, 2.45) is 5.73 Å². The normalized spacial score (nSPS) is 17.8. The zero-order chi connectivity index (χ0) is 15.7. The Kier molecular flexibility index (Phi) is 4.14. The van der Waals surface area contributed by atoms with Crippen LogP contribution in [0.25, 0.3) is 11.1 Å². The van der Waals surface area contributed by atoms with Crippen LogP contribution in [0.1, 0.15) is 16.8 Å². The van der Waals surface area contributed by atoms with Gasteiger partial charge in [0.1, 0.15) is 5.82 Å². The van der Waals surface area contributed by atoms with Crippen LogP contribution in [0.4, 0.5) is 4.39 Å². The predicted octanol–water partition coefficient (Wildman–Crippen LogP) is 3.32. The van der Waals surface area contributed by atoms with Crippen molar-refractivity contribution in [1.82, 2.24) is 4.90 Å². The van der Waals surface area contributed by atoms with Crippen molar-refractivity contribution in [2.75, 3.05) is 13.1 Å². The molecule has 1 atom stereocenters. The molecule has 0 bridgehead atoms. The lowest BCUT2D eigenvalue weighted by molar-refractivity contribution is 0.0791. The Labute approximate surface area is 133 Å². The molecule has 0 aliphatic carbocycles. The van der Waals surface area contributed by atoms with Gasteiger partial charge in [-0.15, -0.1) is 0 Å². The Bertz CT molecular complexity index is 702. The van der Waals surface area contributed by atoms with Gasteiger partial charge in [-0.05, 0) is 42.3 Å². The molecule has 2 aromatic rings. The van der Waals surface area contributed by atoms with Gasteiger partial charge in [-0.2, -0.15) is 0 Å². The van der Waals surface area contributed by atoms with E-state index in [1.54, 1.807) is 23.1 Å². The SMILES string of the molecule is N[C@@H]1CCN(C(=O)c2ccc(-c3ccc(F)cc3Cl)cc2)C1. The first-order chi connectivity index (χ1) is 10.5. The van der Waals surface area contributed by atoms with Crippen LogP contribution in [-0.4, -0.2) is 29.9 Å². The quantitative estimate of drug-likeness (QED) is 0.923. The second-order valence-corrected chi connectivity index (χ2v) is 5.91. The van der Waals surface area contributed by atoms with Crippen LogP contribution >= 0.6 is 11.6 Å². The minimum atomic E-state index is -0.370. The van der Waals surface area contributed by atoms with Crippen molar-refractivity contribution < 1.29 is 9.18 Å². The topological polar surface area (TPSA) is 46.3 Å². The van der Waals surface area contributed by atoms with E-state index in [1.165, 1.54) is 12.1 Å². The van der Waals surface area contributed by atoms with Crippen LogP contribution in [-0.2, 0) is 0 Å². The third-order valence-electron chi connectivity index (χ3n) is 3.89. The van der Waals surface area contributed by atoms with E-state index in [0.29, 0.717) is 23.7 Å². The van der Waals surface area contributed by atoms with Crippen LogP contribution in [0.15, 0.2) is 42.5 Å². The van der Waals surface area contributed by atoms with Crippen molar-refractivity contribution in [3.8, 4) is 11.1 Å². The molecule has 3 nitrogen and oxygen atoms in total. The average Bonchev–Trinajstić information content (AvgIpc) is 2.93. The average molecular weight is 319 g/mol. The number of rotatable bonds is 2. The van der Waals surface area contributed by atoms with Gasteiger partial charge in [0, 0.05) is 30.3 Å². The smallest absolute Gasteiger partial charge is 0.253 e. The zero-order valence-electron chi connectivity index (χ0n) is 11.9. The highest BCUT2D eigenvalue weighted by molar-refractivity contribution is 6.33. The summed E-state index contributed by atoms with van der Waals surface area (Å²) in [5.41, 5.74) is 8.04. The van der Waals surface area contributed by atoms with Crippen molar-refractivity contribution in [1.29, 1.82) is 0 Å². The fraction of sp³-hybridized carbons (Fsp3) is 0.235. The van der Waals surface area contributed by atoms with Gasteiger partial charge in [0.05, 0.1) is 5.02 Å². The van der Waals surface area contributed by atoms with Crippen LogP contribution in [0.2, 0.25) is 5.02 Å². The molecule has 0 spiro atoms. The molecule has 2 aromatic carbocycles. The Hall–Kier alpha value is -1.91. The summed E-state index contributed by atoms with van der Waals surface area (Å²) in [6.07, 6.45) is 0.842. The van der Waals surface area contributed by atoms with Gasteiger partial charge in [0.25, 0.3) is 5.91 Å². The Morgan fingerprint density at radius 2 is 1.95 bits per heavy atom. The highest BCUT2D eigenvalue weighted by Crippen LogP contribution is 2.29. The summed E-state index contributed by atoms with van der Waals surface area (Å²) >= 11 is 6.06. The highest BCUT2D eigenvalue weighted by Gasteiger charge is 2.24. The molecule has 3 rings (SSSR count). The molecule has 0 unspecified atom stereocenters. The molecule has 1 aliphatic heterocycles. The van der Waals surface area contributed by atoms with Gasteiger partial charge in [0.15, 0.2) is 0 Å². The van der Waals surface area contributed by atoms with Gasteiger partial charge >= 0.3 is 0 Å². The second-order valence-electron chi connectivity index (χ2n) is 5.50. The molecule has 1 saturated heterocycles. The standard InChI is InChI=1S/C17H16ClFN2O/c18-16-9-13(19)5-6-15(16)11-1-3-12(4-2-11)17(22)21-8-7-14(20)10-21/h1-6,9,14H,7-8,10,20H2/t14-/m1/s1. The third kappa shape index (κ3) is 2.98. The minimum Gasteiger partial charge on any atom is -0.337 e. The first kappa shape index (κ1) is 15.0. The first-order valence-corrected chi connectivity index (χ1v) is 7.53. The number of benzene rings is 2. The van der Waals surface area contributed by atoms with Gasteiger partial charge in [-0.3, -0.25) is 4.79 Å². The number of nitrogens with zero attached hydrogens (tertiary/aromatic N) is 1. The third-order valence-corrected chi connectivity index (χ3v) is 4.20. The summed E-state index contributed by atoms with van der Waals surface area (Å²) in [5.74, 6) is -0.379. The van der Waals surface area contributed by atoms with E-state index in [1.807, 2.05) is 12.1 Å². The Morgan fingerprint density at radius 1 is 1.23 bits per heavy atom. The number of hydrogen-bond donors (Lipinski definition) is 1. The van der Waals surface area contributed by atoms with Crippen molar-refractivity contribution in [2.45, 2.75) is 12.5 Å². The molecule has 0 radical (unpaired) electrons. The molecule has 22 heavy (non-hydrogen) atoms. The minimum absolute atomic E-state index is 0.00953. The van der Waals surface area contributed by atoms with E-state index in [-0.39, 0.29) is 17.8 Å². The molecule has 1 amide bonds. The van der Waals surface area contributed by atoms with E-state index in [9.17, 15) is 9.18 Å². The first-order valence-electron chi connectivity index (χ1n) is 7.15. The summed E-state index contributed by atoms with van der Waals surface area (Å²) in [5, 5.41) is 0.351. The maximum absolute atomic E-state index is 13.1. The summed E-state index contributed by atoms with van der Waals surface area (Å²) < 4.78 is 13.1. The summed E-state index contributed by atoms with van der Waals surface area (Å²) in [6, 6.07) is 11.5. The number of carbonyl (C=O) groups excluding carboxylic acids is 1. The maximum Gasteiger partial charge on any atom is 0.253 e. The van der Waals surface area contributed by atoms with E-state index in [2.05, 4.69) is 0 Å². The van der Waals surface area contributed by atoms with Crippen LogP contribution in [0.3, 0.4) is 0 Å². The van der Waals surface area contributed by atoms with Crippen molar-refractivity contribution in [3.63, 3.8) is 0 Å². The van der Waals surface area contributed by atoms with Gasteiger partial charge < -0.3 is 10.6 Å². The van der Waals surface area contributed by atoms with E-state index in [0.717, 1.165) is 17.5 Å². The van der Waals surface area contributed by atoms with E-state index >= 15 is 0 Å². The van der Waals surface area contributed by atoms with E-state index < -0.39 is 0 Å². The summed E-state index contributed by atoms with van der Waals surface area (Å²) in [4.78, 5) is 14.1. The molecule has 114 valence electrons. The van der Waals surface area contributed by atoms with Gasteiger partial charge in [-0.25, -0.2) is 4.39 Å². The molecule has 0 saturated carbocycles. The monoisotopic (exact) mass is 318 g/mol. The largest absolute Gasteiger partial charge is 0.337 e. The lowest BCUT2D eigenvalue weighted by atomic mass is 10.0. The maximum atomic E-state index is 13.1. The van der Waals surface area contributed by atoms with Crippen LogP contribution in [0, 0.1) is 5.82 Å². The fourth-order valence-corrected chi connectivity index (χ4v) is 2.95. The Morgan fingerprint density at radius 3 is 2.55 bits per heavy atom. The van der Waals surface area contributed by atoms with Crippen molar-refractivity contribution in [3.05, 3.63) is 58.9 Å². The molecule has 5 heteroatoms. The summed E-state index contributed by atoms with van der Waals surface area (Å²) in [6.45, 7) is 1.30. The van der Waals surface area contributed by atoms with E-state index in [4.69, 9.17) is 17.3 Å². The molecule has 2 N–H and O–H groups in total.